The molecule has 0 spiro atoms. The van der Waals surface area contributed by atoms with Gasteiger partial charge in [-0.15, -0.1) is 12.4 Å². The molecule has 0 atom stereocenters. The Morgan fingerprint density at radius 1 is 1.43 bits per heavy atom. The fourth-order valence-electron chi connectivity index (χ4n) is 0.176. The maximum Gasteiger partial charge on any atom is 0.180 e. The molecule has 2 nitrogen and oxygen atoms in total. The molecule has 0 amide bonds. The molecule has 1 aromatic rings. The number of rotatable bonds is 0. The summed E-state index contributed by atoms with van der Waals surface area (Å²) in [5, 5.41) is 0. The van der Waals surface area contributed by atoms with Gasteiger partial charge in [-0.05, 0) is 0 Å². The number of halogens is 1. The van der Waals surface area contributed by atoms with Gasteiger partial charge in [-0.3, -0.25) is 0 Å². The van der Waals surface area contributed by atoms with Crippen molar-refractivity contribution < 1.29 is 23.9 Å². The third-order valence-corrected chi connectivity index (χ3v) is 0.347. The first-order valence-corrected chi connectivity index (χ1v) is 1.32. The summed E-state index contributed by atoms with van der Waals surface area (Å²) in [6.45, 7) is 0. The van der Waals surface area contributed by atoms with Crippen molar-refractivity contribution in [3.05, 3.63) is 18.9 Å². The molecule has 0 aliphatic carbocycles. The number of hydrogen-bond acceptors (Lipinski definition) is 2. The number of nitrogens with zero attached hydrogens (tertiary/aromatic N) is 1. The van der Waals surface area contributed by atoms with Gasteiger partial charge in [-0.1, -0.05) is 0 Å². The molecule has 0 aliphatic rings. The van der Waals surface area contributed by atoms with E-state index < -0.39 is 0 Å². The summed E-state index contributed by atoms with van der Waals surface area (Å²) >= 11 is 0. The van der Waals surface area contributed by atoms with Gasteiger partial charge in [0.15, 0.2) is 6.39 Å². The molecule has 4 heteroatoms. The van der Waals surface area contributed by atoms with Crippen LogP contribution in [0.4, 0.5) is 0 Å². The Morgan fingerprint density at radius 2 is 2.14 bits per heavy atom. The van der Waals surface area contributed by atoms with Crippen LogP contribution in [0, 0.1) is 0 Å². The van der Waals surface area contributed by atoms with Crippen LogP contribution in [0.2, 0.25) is 0 Å². The van der Waals surface area contributed by atoms with E-state index in [4.69, 9.17) is 0 Å². The summed E-state index contributed by atoms with van der Waals surface area (Å²) in [4.78, 5) is 3.56. The zero-order valence-corrected chi connectivity index (χ0v) is 7.49. The van der Waals surface area contributed by atoms with Crippen LogP contribution in [0.3, 0.4) is 0 Å². The van der Waals surface area contributed by atoms with Crippen LogP contribution in [0.1, 0.15) is 0 Å². The standard InChI is InChI=1S/C3H3NO.ClH.Zn/c1-2-5-3-4-1;;/h1-3H;1H;. The van der Waals surface area contributed by atoms with Gasteiger partial charge in [-0.2, -0.15) is 0 Å². The average Bonchev–Trinajstić information content (AvgIpc) is 1.76. The minimum atomic E-state index is 0. The SMILES string of the molecule is Cl.[Zn].c1cocn1. The summed E-state index contributed by atoms with van der Waals surface area (Å²) in [5.74, 6) is 0. The third-order valence-electron chi connectivity index (χ3n) is 0.347. The zero-order chi connectivity index (χ0) is 3.54. The summed E-state index contributed by atoms with van der Waals surface area (Å²) in [6, 6.07) is 0. The van der Waals surface area contributed by atoms with Gasteiger partial charge in [0.25, 0.3) is 0 Å². The van der Waals surface area contributed by atoms with Crippen molar-refractivity contribution in [1.29, 1.82) is 0 Å². The maximum absolute atomic E-state index is 4.47. The normalized spacial score (nSPS) is 5.71. The molecule has 0 radical (unpaired) electrons. The van der Waals surface area contributed by atoms with E-state index in [0.717, 1.165) is 0 Å². The van der Waals surface area contributed by atoms with Crippen LogP contribution in [0.25, 0.3) is 0 Å². The molecule has 0 aliphatic heterocycles. The average molecular weight is 171 g/mol. The molecule has 36 valence electrons. The van der Waals surface area contributed by atoms with E-state index in [9.17, 15) is 0 Å². The molecule has 0 saturated heterocycles. The van der Waals surface area contributed by atoms with Gasteiger partial charge in [0.2, 0.25) is 0 Å². The summed E-state index contributed by atoms with van der Waals surface area (Å²) in [7, 11) is 0. The van der Waals surface area contributed by atoms with Crippen LogP contribution in [-0.2, 0) is 19.5 Å². The number of hydrogen-bond donors (Lipinski definition) is 0. The topological polar surface area (TPSA) is 26.0 Å². The minimum absolute atomic E-state index is 0. The van der Waals surface area contributed by atoms with E-state index in [1.54, 1.807) is 6.20 Å². The van der Waals surface area contributed by atoms with Crippen molar-refractivity contribution in [3.8, 4) is 0 Å². The Kier molecular flexibility index (Phi) is 8.90. The van der Waals surface area contributed by atoms with E-state index >= 15 is 0 Å². The molecule has 0 unspecified atom stereocenters. The molecule has 0 saturated carbocycles. The van der Waals surface area contributed by atoms with Crippen LogP contribution in [-0.4, -0.2) is 4.98 Å². The summed E-state index contributed by atoms with van der Waals surface area (Å²) < 4.78 is 4.47. The van der Waals surface area contributed by atoms with Gasteiger partial charge in [0.1, 0.15) is 6.26 Å². The second-order valence-corrected chi connectivity index (χ2v) is 0.676. The fourth-order valence-corrected chi connectivity index (χ4v) is 0.176. The molecule has 1 rings (SSSR count). The van der Waals surface area contributed by atoms with Crippen LogP contribution in [0.15, 0.2) is 23.3 Å². The van der Waals surface area contributed by atoms with Crippen LogP contribution >= 0.6 is 12.4 Å². The van der Waals surface area contributed by atoms with Crippen molar-refractivity contribution in [2.75, 3.05) is 0 Å². The molecule has 0 bridgehead atoms. The van der Waals surface area contributed by atoms with Gasteiger partial charge in [0.05, 0.1) is 6.20 Å². The van der Waals surface area contributed by atoms with E-state index in [0.29, 0.717) is 0 Å². The molecular weight excluding hydrogens is 167 g/mol. The molecule has 7 heavy (non-hydrogen) atoms. The molecule has 0 fully saturated rings. The molecular formula is C3H4ClNOZn. The van der Waals surface area contributed by atoms with Crippen LogP contribution in [0.5, 0.6) is 0 Å². The summed E-state index contributed by atoms with van der Waals surface area (Å²) in [6.07, 6.45) is 4.47. The smallest absolute Gasteiger partial charge is 0.180 e. The predicted molar refractivity (Wildman–Crippen MR) is 23.8 cm³/mol. The Labute approximate surface area is 60.5 Å². The Balaban J connectivity index is 0. The second-order valence-electron chi connectivity index (χ2n) is 0.676. The number of oxazole rings is 1. The maximum atomic E-state index is 4.47. The quantitative estimate of drug-likeness (QED) is 0.546. The third kappa shape index (κ3) is 3.97. The Morgan fingerprint density at radius 3 is 2.29 bits per heavy atom. The Hall–Kier alpha value is 0.123. The first-order chi connectivity index (χ1) is 2.50. The van der Waals surface area contributed by atoms with Gasteiger partial charge < -0.3 is 4.42 Å². The predicted octanol–water partition coefficient (Wildman–Crippen LogP) is 1.09. The van der Waals surface area contributed by atoms with E-state index in [1.165, 1.54) is 12.7 Å². The molecule has 1 aromatic heterocycles. The Bertz CT molecular complexity index is 71.4. The molecule has 1 heterocycles. The molecule has 0 N–H and O–H groups in total. The van der Waals surface area contributed by atoms with Crippen LogP contribution < -0.4 is 0 Å². The van der Waals surface area contributed by atoms with Gasteiger partial charge >= 0.3 is 0 Å². The first-order valence-electron chi connectivity index (χ1n) is 1.32. The van der Waals surface area contributed by atoms with Crippen molar-refractivity contribution in [2.45, 2.75) is 0 Å². The summed E-state index contributed by atoms with van der Waals surface area (Å²) in [5.41, 5.74) is 0. The largest absolute Gasteiger partial charge is 0.452 e. The van der Waals surface area contributed by atoms with Gasteiger partial charge in [-0.25, -0.2) is 4.98 Å². The van der Waals surface area contributed by atoms with Crippen molar-refractivity contribution in [2.24, 2.45) is 0 Å². The van der Waals surface area contributed by atoms with Gasteiger partial charge in [0, 0.05) is 19.5 Å². The van der Waals surface area contributed by atoms with Crippen molar-refractivity contribution in [1.82, 2.24) is 4.98 Å². The first kappa shape index (κ1) is 10.2. The van der Waals surface area contributed by atoms with E-state index in [2.05, 4.69) is 9.40 Å². The number of aromatic nitrogens is 1. The van der Waals surface area contributed by atoms with Crippen molar-refractivity contribution >= 4 is 12.4 Å². The van der Waals surface area contributed by atoms with E-state index in [-0.39, 0.29) is 31.9 Å². The van der Waals surface area contributed by atoms with Crippen molar-refractivity contribution in [3.63, 3.8) is 0 Å². The van der Waals surface area contributed by atoms with E-state index in [1.807, 2.05) is 0 Å². The monoisotopic (exact) mass is 169 g/mol. The zero-order valence-electron chi connectivity index (χ0n) is 3.70. The fraction of sp³-hybridized carbons (Fsp3) is 0. The minimum Gasteiger partial charge on any atom is -0.452 e. The second kappa shape index (κ2) is 6.12. The molecule has 0 aromatic carbocycles.